The highest BCUT2D eigenvalue weighted by Gasteiger charge is 2.19. The Bertz CT molecular complexity index is 993. The molecule has 0 aliphatic heterocycles. The van der Waals surface area contributed by atoms with Crippen LogP contribution in [0.1, 0.15) is 11.1 Å². The third-order valence-corrected chi connectivity index (χ3v) is 4.74. The summed E-state index contributed by atoms with van der Waals surface area (Å²) in [7, 11) is -4.09. The van der Waals surface area contributed by atoms with Gasteiger partial charge in [0.05, 0.1) is 16.0 Å². The van der Waals surface area contributed by atoms with Crippen LogP contribution in [0.4, 0.5) is 5.69 Å². The van der Waals surface area contributed by atoms with Gasteiger partial charge in [0.25, 0.3) is 27.2 Å². The summed E-state index contributed by atoms with van der Waals surface area (Å²) in [5, 5.41) is 10.8. The number of nitro groups is 1. The molecule has 2 aromatic rings. The second-order valence-corrected chi connectivity index (χ2v) is 7.10. The van der Waals surface area contributed by atoms with Gasteiger partial charge in [-0.25, -0.2) is 13.1 Å². The van der Waals surface area contributed by atoms with E-state index in [0.29, 0.717) is 0 Å². The topological polar surface area (TPSA) is 128 Å². The van der Waals surface area contributed by atoms with Gasteiger partial charge in [0.2, 0.25) is 0 Å². The summed E-state index contributed by atoms with van der Waals surface area (Å²) < 4.78 is 26.9. The van der Waals surface area contributed by atoms with E-state index in [1.807, 2.05) is 4.72 Å². The number of pyridine rings is 1. The first-order valence-corrected chi connectivity index (χ1v) is 8.56. The summed E-state index contributed by atoms with van der Waals surface area (Å²) in [4.78, 5) is 34.0. The smallest absolute Gasteiger partial charge is 0.286 e. The highest BCUT2D eigenvalue weighted by molar-refractivity contribution is 7.90. The molecule has 0 aliphatic carbocycles. The van der Waals surface area contributed by atoms with Crippen LogP contribution >= 0.6 is 0 Å². The lowest BCUT2D eigenvalue weighted by Crippen LogP contribution is -2.36. The van der Waals surface area contributed by atoms with Crippen LogP contribution in [0, 0.1) is 24.0 Å². The number of sulfonamides is 1. The minimum atomic E-state index is -4.09. The van der Waals surface area contributed by atoms with Crippen LogP contribution in [0.3, 0.4) is 0 Å². The summed E-state index contributed by atoms with van der Waals surface area (Å²) in [5.41, 5.74) is -0.0629. The van der Waals surface area contributed by atoms with Crippen molar-refractivity contribution in [2.24, 2.45) is 0 Å². The Morgan fingerprint density at radius 2 is 1.84 bits per heavy atom. The van der Waals surface area contributed by atoms with Gasteiger partial charge in [-0.05, 0) is 26.0 Å². The predicted octanol–water partition coefficient (Wildman–Crippen LogP) is 0.878. The summed E-state index contributed by atoms with van der Waals surface area (Å²) in [6.45, 7) is 2.49. The number of rotatable bonds is 5. The van der Waals surface area contributed by atoms with E-state index in [2.05, 4.69) is 0 Å². The van der Waals surface area contributed by atoms with Crippen molar-refractivity contribution < 1.29 is 18.1 Å². The number of carbonyl (C=O) groups is 1. The average molecular weight is 365 g/mol. The Labute approximate surface area is 143 Å². The summed E-state index contributed by atoms with van der Waals surface area (Å²) >= 11 is 0. The van der Waals surface area contributed by atoms with Crippen LogP contribution in [0.2, 0.25) is 0 Å². The molecule has 1 aromatic carbocycles. The Morgan fingerprint density at radius 3 is 2.40 bits per heavy atom. The van der Waals surface area contributed by atoms with Crippen molar-refractivity contribution in [2.75, 3.05) is 0 Å². The first kappa shape index (κ1) is 18.3. The number of hydrogen-bond acceptors (Lipinski definition) is 6. The second-order valence-electron chi connectivity index (χ2n) is 5.41. The number of nitrogens with one attached hydrogen (secondary N) is 1. The molecule has 0 aliphatic rings. The summed E-state index contributed by atoms with van der Waals surface area (Å²) in [5.74, 6) is -0.984. The van der Waals surface area contributed by atoms with Crippen molar-refractivity contribution in [1.82, 2.24) is 9.29 Å². The fourth-order valence-corrected chi connectivity index (χ4v) is 3.07. The number of carbonyl (C=O) groups excluding carboxylic acids is 1. The molecule has 0 atom stereocenters. The second kappa shape index (κ2) is 6.85. The molecule has 1 heterocycles. The molecule has 2 rings (SSSR count). The number of benzene rings is 1. The highest BCUT2D eigenvalue weighted by atomic mass is 32.2. The molecule has 132 valence electrons. The maximum absolute atomic E-state index is 12.1. The zero-order valence-corrected chi connectivity index (χ0v) is 14.2. The Hall–Kier alpha value is -3.01. The summed E-state index contributed by atoms with van der Waals surface area (Å²) in [6.07, 6.45) is 0.896. The van der Waals surface area contributed by atoms with Gasteiger partial charge in [-0.2, -0.15) is 0 Å². The lowest BCUT2D eigenvalue weighted by molar-refractivity contribution is -0.385. The van der Waals surface area contributed by atoms with Crippen molar-refractivity contribution in [1.29, 1.82) is 0 Å². The lowest BCUT2D eigenvalue weighted by atomic mass is 10.2. The maximum atomic E-state index is 12.1. The molecule has 1 amide bonds. The van der Waals surface area contributed by atoms with Gasteiger partial charge in [0.1, 0.15) is 6.54 Å². The number of aromatic nitrogens is 1. The van der Waals surface area contributed by atoms with Crippen molar-refractivity contribution >= 4 is 21.6 Å². The van der Waals surface area contributed by atoms with Gasteiger partial charge >= 0.3 is 0 Å². The first-order chi connectivity index (χ1) is 11.6. The number of amides is 1. The van der Waals surface area contributed by atoms with Crippen molar-refractivity contribution in [2.45, 2.75) is 25.3 Å². The van der Waals surface area contributed by atoms with Crippen molar-refractivity contribution in [3.05, 3.63) is 68.1 Å². The zero-order valence-electron chi connectivity index (χ0n) is 13.4. The Morgan fingerprint density at radius 1 is 1.24 bits per heavy atom. The number of aryl methyl sites for hydroxylation is 2. The van der Waals surface area contributed by atoms with Crippen LogP contribution in [0.25, 0.3) is 0 Å². The fourth-order valence-electron chi connectivity index (χ4n) is 2.10. The van der Waals surface area contributed by atoms with Crippen LogP contribution in [-0.2, 0) is 21.4 Å². The lowest BCUT2D eigenvalue weighted by Gasteiger charge is -2.09. The fraction of sp³-hybridized carbons (Fsp3) is 0.200. The van der Waals surface area contributed by atoms with E-state index in [9.17, 15) is 28.1 Å². The van der Waals surface area contributed by atoms with Crippen molar-refractivity contribution in [3.8, 4) is 0 Å². The highest BCUT2D eigenvalue weighted by Crippen LogP contribution is 2.11. The molecule has 9 nitrogen and oxygen atoms in total. The van der Waals surface area contributed by atoms with E-state index in [1.54, 1.807) is 19.1 Å². The molecule has 0 bridgehead atoms. The largest absolute Gasteiger partial charge is 0.299 e. The van der Waals surface area contributed by atoms with Gasteiger partial charge in [0.15, 0.2) is 0 Å². The number of nitrogens with zero attached hydrogens (tertiary/aromatic N) is 2. The van der Waals surface area contributed by atoms with Crippen LogP contribution in [0.15, 0.2) is 46.2 Å². The van der Waals surface area contributed by atoms with E-state index in [-0.39, 0.29) is 16.1 Å². The monoisotopic (exact) mass is 365 g/mol. The minimum Gasteiger partial charge on any atom is -0.299 e. The molecule has 10 heteroatoms. The molecule has 0 unspecified atom stereocenters. The Balaban J connectivity index is 2.24. The molecule has 0 spiro atoms. The normalized spacial score (nSPS) is 11.1. The van der Waals surface area contributed by atoms with Gasteiger partial charge in [0, 0.05) is 11.6 Å². The van der Waals surface area contributed by atoms with Gasteiger partial charge in [-0.3, -0.25) is 24.3 Å². The molecule has 0 radical (unpaired) electrons. The molecule has 0 saturated carbocycles. The van der Waals surface area contributed by atoms with Crippen LogP contribution in [-0.4, -0.2) is 23.8 Å². The van der Waals surface area contributed by atoms with E-state index in [1.165, 1.54) is 19.1 Å². The molecule has 25 heavy (non-hydrogen) atoms. The van der Waals surface area contributed by atoms with Gasteiger partial charge in [-0.1, -0.05) is 17.7 Å². The van der Waals surface area contributed by atoms with Gasteiger partial charge in [-0.15, -0.1) is 0 Å². The Kier molecular flexibility index (Phi) is 5.02. The minimum absolute atomic E-state index is 0.0726. The zero-order chi connectivity index (χ0) is 18.8. The molecule has 1 aromatic heterocycles. The quantitative estimate of drug-likeness (QED) is 0.618. The van der Waals surface area contributed by atoms with Crippen LogP contribution < -0.4 is 10.3 Å². The SMILES string of the molecule is Cc1ccc(S(=O)(=O)NC(=O)Cn2cc([N+](=O)[O-])cc(C)c2=O)cc1. The first-order valence-electron chi connectivity index (χ1n) is 7.08. The van der Waals surface area contributed by atoms with E-state index < -0.39 is 33.0 Å². The van der Waals surface area contributed by atoms with E-state index in [0.717, 1.165) is 22.4 Å². The number of hydrogen-bond donors (Lipinski definition) is 1. The van der Waals surface area contributed by atoms with Crippen molar-refractivity contribution in [3.63, 3.8) is 0 Å². The standard InChI is InChI=1S/C15H15N3O6S/c1-10-3-5-13(6-4-10)25(23,24)16-14(19)9-17-8-12(18(21)22)7-11(2)15(17)20/h3-8H,9H2,1-2H3,(H,16,19). The molecule has 0 fully saturated rings. The molecule has 1 N–H and O–H groups in total. The van der Waals surface area contributed by atoms with E-state index >= 15 is 0 Å². The third-order valence-electron chi connectivity index (χ3n) is 3.35. The maximum Gasteiger partial charge on any atom is 0.286 e. The molecule has 0 saturated heterocycles. The van der Waals surface area contributed by atoms with Crippen LogP contribution in [0.5, 0.6) is 0 Å². The average Bonchev–Trinajstić information content (AvgIpc) is 2.51. The molecular formula is C15H15N3O6S. The molecular weight excluding hydrogens is 350 g/mol. The predicted molar refractivity (Wildman–Crippen MR) is 88.6 cm³/mol. The summed E-state index contributed by atoms with van der Waals surface area (Å²) in [6, 6.07) is 6.92. The van der Waals surface area contributed by atoms with Gasteiger partial charge < -0.3 is 0 Å². The van der Waals surface area contributed by atoms with E-state index in [4.69, 9.17) is 0 Å². The third kappa shape index (κ3) is 4.29.